The number of hydrogen-bond acceptors (Lipinski definition) is 4. The quantitative estimate of drug-likeness (QED) is 0.291. The van der Waals surface area contributed by atoms with E-state index >= 15 is 4.39 Å². The number of carbonyl (C=O) groups excluding carboxylic acids is 1. The molecule has 4 atom stereocenters. The number of nitrogens with zero attached hydrogens (tertiary/aromatic N) is 3. The Morgan fingerprint density at radius 1 is 1.20 bits per heavy atom. The van der Waals surface area contributed by atoms with E-state index in [0.717, 1.165) is 29.5 Å². The maximum absolute atomic E-state index is 16.1. The second-order valence-corrected chi connectivity index (χ2v) is 12.6. The summed E-state index contributed by atoms with van der Waals surface area (Å²) in [5.41, 5.74) is 2.91. The first kappa shape index (κ1) is 25.3. The molecule has 0 bridgehead atoms. The lowest BCUT2D eigenvalue weighted by Gasteiger charge is -2.40. The summed E-state index contributed by atoms with van der Waals surface area (Å²) >= 11 is 12.7. The van der Waals surface area contributed by atoms with Crippen molar-refractivity contribution < 1.29 is 19.1 Å². The van der Waals surface area contributed by atoms with Crippen LogP contribution in [0.15, 0.2) is 48.5 Å². The molecule has 4 heterocycles. The molecule has 8 rings (SSSR count). The van der Waals surface area contributed by atoms with E-state index in [1.165, 1.54) is 6.07 Å². The van der Waals surface area contributed by atoms with Gasteiger partial charge in [-0.15, -0.1) is 0 Å². The van der Waals surface area contributed by atoms with Crippen LogP contribution in [0.2, 0.25) is 10.0 Å². The van der Waals surface area contributed by atoms with E-state index in [1.54, 1.807) is 37.3 Å². The number of benzene rings is 3. The zero-order chi connectivity index (χ0) is 28.4. The number of nitrogens with one attached hydrogen (secondary N) is 1. The molecule has 10 heteroatoms. The molecule has 1 aromatic heterocycles. The largest absolute Gasteiger partial charge is 0.478 e. The van der Waals surface area contributed by atoms with Crippen LogP contribution >= 0.6 is 23.2 Å². The molecule has 1 unspecified atom stereocenters. The fraction of sp³-hybridized carbons (Fsp3) is 0.323. The van der Waals surface area contributed by atoms with Crippen LogP contribution in [0.25, 0.3) is 10.9 Å². The number of rotatable bonds is 4. The minimum absolute atomic E-state index is 0.00429. The van der Waals surface area contributed by atoms with Gasteiger partial charge in [0.15, 0.2) is 0 Å². The Morgan fingerprint density at radius 2 is 2.00 bits per heavy atom. The third kappa shape index (κ3) is 3.27. The molecule has 0 radical (unpaired) electrons. The SMILES string of the molecule is Cc1c(C(=O)O)ccc2c3n(nc12)[C@@H]1[C@H](C3)N(CC2CC2)C2(C(=O)Nc3cc(Cl)ccc32)[C@H]1c1cccc(Cl)c1F. The van der Waals surface area contributed by atoms with Gasteiger partial charge in [-0.05, 0) is 61.1 Å². The molecule has 4 aromatic rings. The molecule has 41 heavy (non-hydrogen) atoms. The summed E-state index contributed by atoms with van der Waals surface area (Å²) in [5, 5.41) is 19.2. The molecule has 1 saturated carbocycles. The molecule has 1 saturated heterocycles. The number of amides is 1. The van der Waals surface area contributed by atoms with Gasteiger partial charge in [0.25, 0.3) is 0 Å². The Morgan fingerprint density at radius 3 is 2.76 bits per heavy atom. The highest BCUT2D eigenvalue weighted by atomic mass is 35.5. The van der Waals surface area contributed by atoms with Crippen LogP contribution in [0.5, 0.6) is 0 Å². The van der Waals surface area contributed by atoms with Crippen molar-refractivity contribution in [2.75, 3.05) is 11.9 Å². The number of aromatic nitrogens is 2. The van der Waals surface area contributed by atoms with Crippen molar-refractivity contribution in [2.24, 2.45) is 5.92 Å². The van der Waals surface area contributed by atoms with Crippen LogP contribution < -0.4 is 5.32 Å². The van der Waals surface area contributed by atoms with Gasteiger partial charge in [-0.3, -0.25) is 14.4 Å². The Kier molecular flexibility index (Phi) is 5.26. The van der Waals surface area contributed by atoms with Crippen molar-refractivity contribution >= 4 is 51.7 Å². The van der Waals surface area contributed by atoms with E-state index in [4.69, 9.17) is 28.3 Å². The fourth-order valence-corrected chi connectivity index (χ4v) is 8.13. The standard InChI is InChI=1S/C31H25Cl2FN4O3/c1-14-17(29(39)40)8-9-18-23-12-24-28(38(23)36-27(14)18)25(19-3-2-4-21(33)26(19)34)31(37(24)13-15-5-6-15)20-10-7-16(32)11-22(20)35-30(31)41/h2-4,7-11,15,24-25,28H,5-6,12-13H2,1H3,(H,35,41)(H,39,40)/t24-,25-,28+,31?/m0/s1. The first-order valence-corrected chi connectivity index (χ1v) is 14.5. The minimum atomic E-state index is -1.21. The van der Waals surface area contributed by atoms with Crippen LogP contribution in [0.4, 0.5) is 10.1 Å². The minimum Gasteiger partial charge on any atom is -0.478 e. The topological polar surface area (TPSA) is 87.5 Å². The Labute approximate surface area is 244 Å². The van der Waals surface area contributed by atoms with Crippen molar-refractivity contribution in [1.82, 2.24) is 14.7 Å². The first-order chi connectivity index (χ1) is 19.7. The van der Waals surface area contributed by atoms with Gasteiger partial charge >= 0.3 is 5.97 Å². The van der Waals surface area contributed by atoms with Gasteiger partial charge in [0.2, 0.25) is 5.91 Å². The Bertz CT molecular complexity index is 1840. The molecule has 3 aliphatic heterocycles. The van der Waals surface area contributed by atoms with Gasteiger partial charge < -0.3 is 10.4 Å². The van der Waals surface area contributed by atoms with Crippen LogP contribution in [0.1, 0.15) is 57.5 Å². The number of aromatic carboxylic acids is 1. The predicted octanol–water partition coefficient (Wildman–Crippen LogP) is 6.31. The molecule has 3 aromatic carbocycles. The molecule has 1 aliphatic carbocycles. The lowest BCUT2D eigenvalue weighted by atomic mass is 9.73. The second kappa shape index (κ2) is 8.53. The van der Waals surface area contributed by atoms with E-state index in [0.29, 0.717) is 46.2 Å². The smallest absolute Gasteiger partial charge is 0.336 e. The molecule has 7 nitrogen and oxygen atoms in total. The summed E-state index contributed by atoms with van der Waals surface area (Å²) in [7, 11) is 0. The normalized spacial score (nSPS) is 26.4. The number of fused-ring (bicyclic) bond motifs is 7. The highest BCUT2D eigenvalue weighted by Crippen LogP contribution is 2.64. The number of hydrogen-bond donors (Lipinski definition) is 2. The van der Waals surface area contributed by atoms with E-state index in [-0.39, 0.29) is 22.5 Å². The summed E-state index contributed by atoms with van der Waals surface area (Å²) in [6.45, 7) is 2.46. The van der Waals surface area contributed by atoms with Gasteiger partial charge in [0, 0.05) is 52.3 Å². The highest BCUT2D eigenvalue weighted by Gasteiger charge is 2.69. The van der Waals surface area contributed by atoms with Crippen LogP contribution in [0.3, 0.4) is 0 Å². The lowest BCUT2D eigenvalue weighted by Crippen LogP contribution is -2.53. The molecule has 2 fully saturated rings. The Balaban J connectivity index is 1.43. The maximum Gasteiger partial charge on any atom is 0.336 e. The predicted molar refractivity (Wildman–Crippen MR) is 153 cm³/mol. The van der Waals surface area contributed by atoms with Crippen LogP contribution in [-0.4, -0.2) is 44.3 Å². The molecular weight excluding hydrogens is 566 g/mol. The van der Waals surface area contributed by atoms with Crippen LogP contribution in [-0.2, 0) is 16.8 Å². The molecule has 1 spiro atoms. The number of carboxylic acids is 1. The van der Waals surface area contributed by atoms with Gasteiger partial charge in [-0.25, -0.2) is 9.18 Å². The first-order valence-electron chi connectivity index (χ1n) is 13.8. The van der Waals surface area contributed by atoms with Gasteiger partial charge in [-0.1, -0.05) is 47.5 Å². The highest BCUT2D eigenvalue weighted by molar-refractivity contribution is 6.31. The zero-order valence-corrected chi connectivity index (χ0v) is 23.5. The van der Waals surface area contributed by atoms with Gasteiger partial charge in [0.1, 0.15) is 11.4 Å². The summed E-state index contributed by atoms with van der Waals surface area (Å²) in [5.74, 6) is -1.98. The number of carboxylic acid groups (broad SMARTS) is 1. The number of carbonyl (C=O) groups is 2. The van der Waals surface area contributed by atoms with Crippen molar-refractivity contribution in [3.05, 3.63) is 92.3 Å². The van der Waals surface area contributed by atoms with E-state index < -0.39 is 29.3 Å². The second-order valence-electron chi connectivity index (χ2n) is 11.7. The maximum atomic E-state index is 16.1. The number of likely N-dealkylation sites (tertiary alicyclic amines) is 1. The average Bonchev–Trinajstić information content (AvgIpc) is 3.36. The molecule has 2 N–H and O–H groups in total. The average molecular weight is 591 g/mol. The van der Waals surface area contributed by atoms with Crippen molar-refractivity contribution in [3.63, 3.8) is 0 Å². The molecule has 4 aliphatic rings. The van der Waals surface area contributed by atoms with E-state index in [2.05, 4.69) is 10.2 Å². The van der Waals surface area contributed by atoms with Crippen molar-refractivity contribution in [1.29, 1.82) is 0 Å². The Hall–Kier alpha value is -3.46. The number of anilines is 1. The van der Waals surface area contributed by atoms with E-state index in [1.807, 2.05) is 16.8 Å². The zero-order valence-electron chi connectivity index (χ0n) is 22.0. The van der Waals surface area contributed by atoms with E-state index in [9.17, 15) is 14.7 Å². The van der Waals surface area contributed by atoms with Crippen molar-refractivity contribution in [2.45, 2.75) is 49.7 Å². The van der Waals surface area contributed by atoms with Gasteiger partial charge in [0.05, 0.1) is 22.1 Å². The van der Waals surface area contributed by atoms with Crippen molar-refractivity contribution in [3.8, 4) is 0 Å². The summed E-state index contributed by atoms with van der Waals surface area (Å²) in [6.07, 6.45) is 2.76. The molecule has 208 valence electrons. The third-order valence-electron chi connectivity index (χ3n) is 9.64. The number of halogens is 3. The summed E-state index contributed by atoms with van der Waals surface area (Å²) in [6, 6.07) is 13.3. The summed E-state index contributed by atoms with van der Waals surface area (Å²) < 4.78 is 18.0. The van der Waals surface area contributed by atoms with Crippen LogP contribution in [0, 0.1) is 18.7 Å². The number of aryl methyl sites for hydroxylation is 1. The third-order valence-corrected chi connectivity index (χ3v) is 10.2. The lowest BCUT2D eigenvalue weighted by molar-refractivity contribution is -0.128. The summed E-state index contributed by atoms with van der Waals surface area (Å²) in [4.78, 5) is 28.6. The molecular formula is C31H25Cl2FN4O3. The monoisotopic (exact) mass is 590 g/mol. The van der Waals surface area contributed by atoms with Gasteiger partial charge in [-0.2, -0.15) is 5.10 Å². The fourth-order valence-electron chi connectivity index (χ4n) is 7.78. The molecule has 1 amide bonds.